The molecule has 24 heavy (non-hydrogen) atoms. The molecule has 1 aromatic carbocycles. The molecule has 0 aliphatic heterocycles. The van der Waals surface area contributed by atoms with Crippen molar-refractivity contribution in [2.45, 2.75) is 19.9 Å². The Labute approximate surface area is 139 Å². The van der Waals surface area contributed by atoms with Gasteiger partial charge in [0.15, 0.2) is 0 Å². The van der Waals surface area contributed by atoms with Crippen molar-refractivity contribution in [2.75, 3.05) is 7.11 Å². The monoisotopic (exact) mass is 327 g/mol. The SMILES string of the molecule is CCc1nc2ccc(F)cn2c1C(=O)NCc1ccccc1OC. The summed E-state index contributed by atoms with van der Waals surface area (Å²) in [5.74, 6) is -0.00473. The van der Waals surface area contributed by atoms with E-state index in [9.17, 15) is 9.18 Å². The molecule has 0 fully saturated rings. The number of hydrogen-bond donors (Lipinski definition) is 1. The van der Waals surface area contributed by atoms with Gasteiger partial charge in [-0.3, -0.25) is 9.20 Å². The van der Waals surface area contributed by atoms with Crippen LogP contribution < -0.4 is 10.1 Å². The lowest BCUT2D eigenvalue weighted by Gasteiger charge is -2.10. The number of carbonyl (C=O) groups excluding carboxylic acids is 1. The van der Waals surface area contributed by atoms with Gasteiger partial charge in [-0.25, -0.2) is 9.37 Å². The quantitative estimate of drug-likeness (QED) is 0.784. The molecule has 1 amide bonds. The second-order valence-corrected chi connectivity index (χ2v) is 5.33. The smallest absolute Gasteiger partial charge is 0.270 e. The van der Waals surface area contributed by atoms with Crippen LogP contribution in [0.5, 0.6) is 5.75 Å². The predicted molar refractivity (Wildman–Crippen MR) is 88.7 cm³/mol. The minimum atomic E-state index is -0.415. The van der Waals surface area contributed by atoms with Crippen LogP contribution in [-0.2, 0) is 13.0 Å². The van der Waals surface area contributed by atoms with Gasteiger partial charge in [0.05, 0.1) is 12.8 Å². The minimum absolute atomic E-state index is 0.296. The van der Waals surface area contributed by atoms with E-state index < -0.39 is 5.82 Å². The van der Waals surface area contributed by atoms with Crippen molar-refractivity contribution in [1.29, 1.82) is 0 Å². The predicted octanol–water partition coefficient (Wildman–Crippen LogP) is 2.97. The van der Waals surface area contributed by atoms with Crippen LogP contribution in [0.2, 0.25) is 0 Å². The van der Waals surface area contributed by atoms with Gasteiger partial charge in [0.1, 0.15) is 22.9 Å². The Kier molecular flexibility index (Phi) is 4.46. The molecule has 0 saturated heterocycles. The molecular formula is C18H18FN3O2. The number of fused-ring (bicyclic) bond motifs is 1. The van der Waals surface area contributed by atoms with Gasteiger partial charge in [0, 0.05) is 18.3 Å². The van der Waals surface area contributed by atoms with Gasteiger partial charge in [0.2, 0.25) is 0 Å². The van der Waals surface area contributed by atoms with Crippen molar-refractivity contribution in [2.24, 2.45) is 0 Å². The van der Waals surface area contributed by atoms with Crippen LogP contribution in [0.15, 0.2) is 42.6 Å². The van der Waals surface area contributed by atoms with E-state index in [1.807, 2.05) is 31.2 Å². The summed E-state index contributed by atoms with van der Waals surface area (Å²) >= 11 is 0. The van der Waals surface area contributed by atoms with Gasteiger partial charge in [-0.2, -0.15) is 0 Å². The van der Waals surface area contributed by atoms with Crippen LogP contribution in [0, 0.1) is 5.82 Å². The fraction of sp³-hybridized carbons (Fsp3) is 0.222. The minimum Gasteiger partial charge on any atom is -0.496 e. The van der Waals surface area contributed by atoms with Crippen molar-refractivity contribution in [3.63, 3.8) is 0 Å². The molecule has 0 spiro atoms. The van der Waals surface area contributed by atoms with Gasteiger partial charge in [0.25, 0.3) is 5.91 Å². The highest BCUT2D eigenvalue weighted by atomic mass is 19.1. The number of rotatable bonds is 5. The number of pyridine rings is 1. The first-order chi connectivity index (χ1) is 11.6. The van der Waals surface area contributed by atoms with E-state index in [-0.39, 0.29) is 5.91 Å². The molecule has 2 aromatic heterocycles. The number of nitrogens with one attached hydrogen (secondary N) is 1. The molecule has 3 rings (SSSR count). The van der Waals surface area contributed by atoms with E-state index in [1.54, 1.807) is 13.2 Å². The Balaban J connectivity index is 1.90. The molecule has 5 nitrogen and oxygen atoms in total. The maximum absolute atomic E-state index is 13.5. The number of nitrogens with zero attached hydrogens (tertiary/aromatic N) is 2. The average molecular weight is 327 g/mol. The van der Waals surface area contributed by atoms with Crippen LogP contribution in [0.1, 0.15) is 28.7 Å². The number of methoxy groups -OCH3 is 1. The summed E-state index contributed by atoms with van der Waals surface area (Å²) in [6.07, 6.45) is 1.86. The molecule has 6 heteroatoms. The normalized spacial score (nSPS) is 10.8. The zero-order chi connectivity index (χ0) is 17.1. The second-order valence-electron chi connectivity index (χ2n) is 5.33. The maximum atomic E-state index is 13.5. The first kappa shape index (κ1) is 16.0. The molecule has 0 aliphatic rings. The van der Waals surface area contributed by atoms with Crippen LogP contribution in [-0.4, -0.2) is 22.4 Å². The van der Waals surface area contributed by atoms with E-state index in [1.165, 1.54) is 16.7 Å². The second kappa shape index (κ2) is 6.70. The number of benzene rings is 1. The summed E-state index contributed by atoms with van der Waals surface area (Å²) in [4.78, 5) is 17.0. The first-order valence-electron chi connectivity index (χ1n) is 7.70. The lowest BCUT2D eigenvalue weighted by Crippen LogP contribution is -2.25. The Morgan fingerprint density at radius 2 is 2.08 bits per heavy atom. The molecule has 0 unspecified atom stereocenters. The van der Waals surface area contributed by atoms with Gasteiger partial charge in [-0.1, -0.05) is 25.1 Å². The Bertz CT molecular complexity index is 889. The Morgan fingerprint density at radius 1 is 1.29 bits per heavy atom. The summed E-state index contributed by atoms with van der Waals surface area (Å²) in [5, 5.41) is 2.86. The summed E-state index contributed by atoms with van der Waals surface area (Å²) in [7, 11) is 1.59. The molecule has 0 saturated carbocycles. The van der Waals surface area contributed by atoms with E-state index in [0.29, 0.717) is 35.8 Å². The third kappa shape index (κ3) is 2.95. The van der Waals surface area contributed by atoms with Gasteiger partial charge < -0.3 is 10.1 Å². The summed E-state index contributed by atoms with van der Waals surface area (Å²) < 4.78 is 20.3. The molecule has 0 bridgehead atoms. The zero-order valence-corrected chi connectivity index (χ0v) is 13.5. The largest absolute Gasteiger partial charge is 0.496 e. The van der Waals surface area contributed by atoms with Crippen LogP contribution in [0.3, 0.4) is 0 Å². The molecule has 0 aliphatic carbocycles. The lowest BCUT2D eigenvalue weighted by atomic mass is 10.2. The number of ether oxygens (including phenoxy) is 1. The van der Waals surface area contributed by atoms with Gasteiger partial charge in [-0.15, -0.1) is 0 Å². The molecule has 2 heterocycles. The molecule has 0 radical (unpaired) electrons. The van der Waals surface area contributed by atoms with E-state index in [2.05, 4.69) is 10.3 Å². The Hall–Kier alpha value is -2.89. The number of para-hydroxylation sites is 1. The van der Waals surface area contributed by atoms with Crippen molar-refractivity contribution < 1.29 is 13.9 Å². The molecule has 3 aromatic rings. The third-order valence-electron chi connectivity index (χ3n) is 3.84. The fourth-order valence-electron chi connectivity index (χ4n) is 2.66. The number of hydrogen-bond acceptors (Lipinski definition) is 3. The Morgan fingerprint density at radius 3 is 2.83 bits per heavy atom. The number of halogens is 1. The molecule has 1 N–H and O–H groups in total. The van der Waals surface area contributed by atoms with Crippen LogP contribution >= 0.6 is 0 Å². The highest BCUT2D eigenvalue weighted by Gasteiger charge is 2.18. The van der Waals surface area contributed by atoms with Gasteiger partial charge >= 0.3 is 0 Å². The highest BCUT2D eigenvalue weighted by molar-refractivity contribution is 5.94. The van der Waals surface area contributed by atoms with Crippen molar-refractivity contribution >= 4 is 11.6 Å². The van der Waals surface area contributed by atoms with Gasteiger partial charge in [-0.05, 0) is 24.6 Å². The third-order valence-corrected chi connectivity index (χ3v) is 3.84. The maximum Gasteiger partial charge on any atom is 0.270 e. The first-order valence-corrected chi connectivity index (χ1v) is 7.70. The van der Waals surface area contributed by atoms with Crippen LogP contribution in [0.4, 0.5) is 4.39 Å². The summed E-state index contributed by atoms with van der Waals surface area (Å²) in [6, 6.07) is 10.4. The van der Waals surface area contributed by atoms with Crippen molar-refractivity contribution in [3.8, 4) is 5.75 Å². The topological polar surface area (TPSA) is 55.6 Å². The molecule has 124 valence electrons. The fourth-order valence-corrected chi connectivity index (χ4v) is 2.66. The molecular weight excluding hydrogens is 309 g/mol. The molecule has 0 atom stereocenters. The van der Waals surface area contributed by atoms with Crippen molar-refractivity contribution in [1.82, 2.24) is 14.7 Å². The number of aromatic nitrogens is 2. The highest BCUT2D eigenvalue weighted by Crippen LogP contribution is 2.18. The van der Waals surface area contributed by atoms with Crippen molar-refractivity contribution in [3.05, 3.63) is 65.4 Å². The van der Waals surface area contributed by atoms with E-state index in [4.69, 9.17) is 4.74 Å². The summed E-state index contributed by atoms with van der Waals surface area (Å²) in [5.41, 5.74) is 2.42. The van der Waals surface area contributed by atoms with E-state index >= 15 is 0 Å². The van der Waals surface area contributed by atoms with Crippen LogP contribution in [0.25, 0.3) is 5.65 Å². The summed E-state index contributed by atoms with van der Waals surface area (Å²) in [6.45, 7) is 2.23. The number of carbonyl (C=O) groups is 1. The number of imidazole rings is 1. The average Bonchev–Trinajstić information content (AvgIpc) is 2.97. The van der Waals surface area contributed by atoms with E-state index in [0.717, 1.165) is 5.56 Å². The number of aryl methyl sites for hydroxylation is 1. The lowest BCUT2D eigenvalue weighted by molar-refractivity contribution is 0.0943. The number of amides is 1. The zero-order valence-electron chi connectivity index (χ0n) is 13.5. The standard InChI is InChI=1S/C18H18FN3O2/c1-3-14-17(22-11-13(19)8-9-16(22)21-14)18(23)20-10-12-6-4-5-7-15(12)24-2/h4-9,11H,3,10H2,1-2H3,(H,20,23).